The molecule has 2 rings (SSSR count). The molecule has 27 heavy (non-hydrogen) atoms. The fourth-order valence-electron chi connectivity index (χ4n) is 2.55. The number of unbranched alkanes of at least 4 members (excludes halogenated alkanes) is 1. The van der Waals surface area contributed by atoms with Gasteiger partial charge in [0.15, 0.2) is 0 Å². The normalized spacial score (nSPS) is 11.2. The van der Waals surface area contributed by atoms with Crippen LogP contribution in [0.2, 0.25) is 0 Å². The topological polar surface area (TPSA) is 57.1 Å². The van der Waals surface area contributed by atoms with Crippen molar-refractivity contribution in [3.63, 3.8) is 0 Å². The summed E-state index contributed by atoms with van der Waals surface area (Å²) in [6.07, 6.45) is 2.00. The second-order valence-electron chi connectivity index (χ2n) is 6.36. The summed E-state index contributed by atoms with van der Waals surface area (Å²) >= 11 is 0. The molecule has 5 heteroatoms. The van der Waals surface area contributed by atoms with Crippen molar-refractivity contribution in [2.24, 2.45) is 5.16 Å². The minimum absolute atomic E-state index is 0.152. The molecule has 0 atom stereocenters. The minimum Gasteiger partial charge on any atom is -0.465 e. The van der Waals surface area contributed by atoms with Gasteiger partial charge in [-0.1, -0.05) is 43.7 Å². The molecule has 0 saturated carbocycles. The van der Waals surface area contributed by atoms with Crippen LogP contribution in [0.25, 0.3) is 0 Å². The van der Waals surface area contributed by atoms with Crippen LogP contribution in [0.3, 0.4) is 0 Å². The Morgan fingerprint density at radius 3 is 2.63 bits per heavy atom. The second kappa shape index (κ2) is 10.4. The summed E-state index contributed by atoms with van der Waals surface area (Å²) in [7, 11) is 1.47. The molecular weight excluding hydrogens is 342 g/mol. The molecule has 5 nitrogen and oxygen atoms in total. The molecule has 2 aromatic carbocycles. The fourth-order valence-corrected chi connectivity index (χ4v) is 2.55. The number of oxime groups is 1. The van der Waals surface area contributed by atoms with E-state index in [0.29, 0.717) is 23.8 Å². The van der Waals surface area contributed by atoms with Crippen LogP contribution in [0.1, 0.15) is 42.0 Å². The maximum absolute atomic E-state index is 12.1. The number of benzene rings is 2. The predicted octanol–water partition coefficient (Wildman–Crippen LogP) is 4.58. The monoisotopic (exact) mass is 369 g/mol. The van der Waals surface area contributed by atoms with Crippen molar-refractivity contribution >= 4 is 11.9 Å². The van der Waals surface area contributed by atoms with Crippen molar-refractivity contribution in [2.45, 2.75) is 40.0 Å². The second-order valence-corrected chi connectivity index (χ2v) is 6.36. The summed E-state index contributed by atoms with van der Waals surface area (Å²) in [6.45, 7) is 6.46. The minimum atomic E-state index is -0.264. The first-order chi connectivity index (χ1) is 13.0. The Morgan fingerprint density at radius 2 is 1.89 bits per heavy atom. The van der Waals surface area contributed by atoms with Crippen LogP contribution >= 0.6 is 0 Å². The molecule has 0 N–H and O–H groups in total. The number of ether oxygens (including phenoxy) is 2. The zero-order valence-electron chi connectivity index (χ0n) is 16.5. The van der Waals surface area contributed by atoms with Gasteiger partial charge in [0.05, 0.1) is 13.0 Å². The number of nitrogens with zero attached hydrogens (tertiary/aromatic N) is 1. The number of hydrogen-bond donors (Lipinski definition) is 0. The zero-order valence-corrected chi connectivity index (χ0v) is 16.5. The van der Waals surface area contributed by atoms with Crippen molar-refractivity contribution in [1.82, 2.24) is 0 Å². The van der Waals surface area contributed by atoms with E-state index in [1.807, 2.05) is 56.3 Å². The fraction of sp³-hybridized carbons (Fsp3) is 0.364. The lowest BCUT2D eigenvalue weighted by Crippen LogP contribution is -2.17. The summed E-state index contributed by atoms with van der Waals surface area (Å²) in [6, 6.07) is 13.4. The number of carbonyl (C=O) groups is 1. The third-order valence-electron chi connectivity index (χ3n) is 4.07. The summed E-state index contributed by atoms with van der Waals surface area (Å²) in [5, 5.41) is 4.05. The molecule has 0 unspecified atom stereocenters. The van der Waals surface area contributed by atoms with Gasteiger partial charge in [-0.3, -0.25) is 4.79 Å². The number of rotatable bonds is 8. The van der Waals surface area contributed by atoms with Gasteiger partial charge in [-0.25, -0.2) is 0 Å². The average Bonchev–Trinajstić information content (AvgIpc) is 2.65. The first-order valence-corrected chi connectivity index (χ1v) is 9.15. The van der Waals surface area contributed by atoms with Gasteiger partial charge < -0.3 is 14.3 Å². The Balaban J connectivity index is 2.26. The SMILES string of the molecule is CCCCOC(=O)Cc1ccccc1/C(=N\OC)Oc1cc(C)ccc1C. The van der Waals surface area contributed by atoms with E-state index < -0.39 is 0 Å². The molecule has 0 aliphatic rings. The van der Waals surface area contributed by atoms with Gasteiger partial charge in [-0.2, -0.15) is 0 Å². The Morgan fingerprint density at radius 1 is 1.11 bits per heavy atom. The highest BCUT2D eigenvalue weighted by Crippen LogP contribution is 2.22. The highest BCUT2D eigenvalue weighted by atomic mass is 16.6. The van der Waals surface area contributed by atoms with E-state index in [1.54, 1.807) is 0 Å². The standard InChI is InChI=1S/C22H27NO4/c1-5-6-13-26-21(24)15-18-9-7-8-10-19(18)22(23-25-4)27-20-14-16(2)11-12-17(20)3/h7-12,14H,5-6,13,15H2,1-4H3/b23-22+. The van der Waals surface area contributed by atoms with Crippen molar-refractivity contribution < 1.29 is 19.1 Å². The van der Waals surface area contributed by atoms with E-state index in [2.05, 4.69) is 12.1 Å². The Kier molecular flexibility index (Phi) is 7.86. The molecule has 0 bridgehead atoms. The molecule has 0 saturated heterocycles. The Hall–Kier alpha value is -2.82. The summed E-state index contributed by atoms with van der Waals surface area (Å²) in [5.41, 5.74) is 3.55. The maximum atomic E-state index is 12.1. The molecule has 0 aliphatic carbocycles. The van der Waals surface area contributed by atoms with Crippen molar-refractivity contribution in [3.05, 3.63) is 64.7 Å². The molecule has 0 heterocycles. The summed E-state index contributed by atoms with van der Waals surface area (Å²) in [4.78, 5) is 17.1. The molecule has 144 valence electrons. The number of esters is 1. The molecule has 2 aromatic rings. The molecule has 0 radical (unpaired) electrons. The quantitative estimate of drug-likeness (QED) is 0.225. The Bertz CT molecular complexity index is 799. The first kappa shape index (κ1) is 20.5. The lowest BCUT2D eigenvalue weighted by atomic mass is 10.0. The van der Waals surface area contributed by atoms with Crippen LogP contribution in [-0.2, 0) is 20.8 Å². The van der Waals surface area contributed by atoms with Crippen LogP contribution in [-0.4, -0.2) is 25.6 Å². The average molecular weight is 369 g/mol. The van der Waals surface area contributed by atoms with E-state index in [0.717, 1.165) is 29.5 Å². The zero-order chi connectivity index (χ0) is 19.6. The highest BCUT2D eigenvalue weighted by molar-refractivity contribution is 5.97. The van der Waals surface area contributed by atoms with Crippen LogP contribution in [0.4, 0.5) is 0 Å². The number of carbonyl (C=O) groups excluding carboxylic acids is 1. The van der Waals surface area contributed by atoms with Gasteiger partial charge in [0.1, 0.15) is 12.9 Å². The van der Waals surface area contributed by atoms with Crippen LogP contribution < -0.4 is 4.74 Å². The van der Waals surface area contributed by atoms with Gasteiger partial charge in [-0.05, 0) is 54.2 Å². The van der Waals surface area contributed by atoms with Crippen molar-refractivity contribution in [3.8, 4) is 5.75 Å². The molecule has 0 spiro atoms. The van der Waals surface area contributed by atoms with E-state index in [1.165, 1.54) is 7.11 Å². The molecule has 0 amide bonds. The Labute approximate surface area is 160 Å². The van der Waals surface area contributed by atoms with Gasteiger partial charge in [0.2, 0.25) is 0 Å². The van der Waals surface area contributed by atoms with E-state index in [9.17, 15) is 4.79 Å². The third-order valence-corrected chi connectivity index (χ3v) is 4.07. The molecule has 0 aliphatic heterocycles. The van der Waals surface area contributed by atoms with Gasteiger partial charge in [-0.15, -0.1) is 0 Å². The summed E-state index contributed by atoms with van der Waals surface area (Å²) in [5.74, 6) is 0.744. The van der Waals surface area contributed by atoms with E-state index in [4.69, 9.17) is 14.3 Å². The lowest BCUT2D eigenvalue weighted by molar-refractivity contribution is -0.142. The largest absolute Gasteiger partial charge is 0.465 e. The molecule has 0 fully saturated rings. The number of aryl methyl sites for hydroxylation is 2. The van der Waals surface area contributed by atoms with Crippen LogP contribution in [0, 0.1) is 13.8 Å². The van der Waals surface area contributed by atoms with Gasteiger partial charge >= 0.3 is 5.97 Å². The summed E-state index contributed by atoms with van der Waals surface area (Å²) < 4.78 is 11.3. The predicted molar refractivity (Wildman–Crippen MR) is 106 cm³/mol. The van der Waals surface area contributed by atoms with Crippen LogP contribution in [0.15, 0.2) is 47.6 Å². The molecule has 0 aromatic heterocycles. The van der Waals surface area contributed by atoms with E-state index in [-0.39, 0.29) is 12.4 Å². The maximum Gasteiger partial charge on any atom is 0.310 e. The van der Waals surface area contributed by atoms with Crippen LogP contribution in [0.5, 0.6) is 5.75 Å². The van der Waals surface area contributed by atoms with Crippen molar-refractivity contribution in [2.75, 3.05) is 13.7 Å². The lowest BCUT2D eigenvalue weighted by Gasteiger charge is -2.14. The van der Waals surface area contributed by atoms with Gasteiger partial charge in [0, 0.05) is 5.56 Å². The van der Waals surface area contributed by atoms with E-state index >= 15 is 0 Å². The molecular formula is C22H27NO4. The highest BCUT2D eigenvalue weighted by Gasteiger charge is 2.16. The van der Waals surface area contributed by atoms with Crippen molar-refractivity contribution in [1.29, 1.82) is 0 Å². The third kappa shape index (κ3) is 6.13. The smallest absolute Gasteiger partial charge is 0.310 e. The number of hydrogen-bond acceptors (Lipinski definition) is 5. The van der Waals surface area contributed by atoms with Gasteiger partial charge in [0.25, 0.3) is 5.90 Å². The first-order valence-electron chi connectivity index (χ1n) is 9.15.